The summed E-state index contributed by atoms with van der Waals surface area (Å²) in [6.45, 7) is 2.34. The predicted molar refractivity (Wildman–Crippen MR) is 78.5 cm³/mol. The minimum Gasteiger partial charge on any atom is -0.384 e. The number of aliphatic hydroxyl groups is 1. The first-order chi connectivity index (χ1) is 9.60. The Hall–Kier alpha value is -1.84. The molecule has 0 aliphatic rings. The number of hydrogen-bond acceptors (Lipinski definition) is 4. The summed E-state index contributed by atoms with van der Waals surface area (Å²) < 4.78 is 0. The van der Waals surface area contributed by atoms with Crippen LogP contribution in [0.5, 0.6) is 0 Å². The van der Waals surface area contributed by atoms with Crippen molar-refractivity contribution in [1.29, 1.82) is 0 Å². The normalized spacial score (nSPS) is 9.55. The second-order valence-corrected chi connectivity index (χ2v) is 5.05. The van der Waals surface area contributed by atoms with E-state index in [1.807, 2.05) is 6.92 Å². The van der Waals surface area contributed by atoms with E-state index in [-0.39, 0.29) is 25.0 Å². The van der Waals surface area contributed by atoms with Gasteiger partial charge in [-0.2, -0.15) is 0 Å². The summed E-state index contributed by atoms with van der Waals surface area (Å²) in [5.74, 6) is 4.82. The fraction of sp³-hybridized carbons (Fsp3) is 0.429. The van der Waals surface area contributed by atoms with Crippen molar-refractivity contribution in [1.82, 2.24) is 10.2 Å². The Morgan fingerprint density at radius 2 is 2.25 bits per heavy atom. The maximum absolute atomic E-state index is 12.2. The van der Waals surface area contributed by atoms with E-state index in [0.29, 0.717) is 17.0 Å². The van der Waals surface area contributed by atoms with Crippen LogP contribution in [0.4, 0.5) is 0 Å². The smallest absolute Gasteiger partial charge is 0.265 e. The van der Waals surface area contributed by atoms with Crippen molar-refractivity contribution in [3.63, 3.8) is 0 Å². The minimum atomic E-state index is -0.251. The minimum absolute atomic E-state index is 0.0175. The average Bonchev–Trinajstić information content (AvgIpc) is 2.90. The highest BCUT2D eigenvalue weighted by Crippen LogP contribution is 2.17. The molecule has 0 fully saturated rings. The first-order valence-electron chi connectivity index (χ1n) is 6.29. The Balaban J connectivity index is 2.70. The molecular weight excluding hydrogens is 276 g/mol. The zero-order chi connectivity index (χ0) is 15.0. The Labute approximate surface area is 122 Å². The van der Waals surface area contributed by atoms with Crippen LogP contribution in [-0.2, 0) is 4.79 Å². The van der Waals surface area contributed by atoms with Gasteiger partial charge in [-0.1, -0.05) is 18.8 Å². The molecule has 2 amide bonds. The average molecular weight is 294 g/mol. The maximum atomic E-state index is 12.2. The monoisotopic (exact) mass is 294 g/mol. The summed E-state index contributed by atoms with van der Waals surface area (Å²) in [6, 6.07) is 1.73. The zero-order valence-corrected chi connectivity index (χ0v) is 12.4. The highest BCUT2D eigenvalue weighted by molar-refractivity contribution is 7.12. The van der Waals surface area contributed by atoms with Gasteiger partial charge in [-0.3, -0.25) is 9.59 Å². The predicted octanol–water partition coefficient (Wildman–Crippen LogP) is 0.690. The van der Waals surface area contributed by atoms with E-state index in [0.717, 1.165) is 6.42 Å². The van der Waals surface area contributed by atoms with E-state index in [9.17, 15) is 9.59 Å². The molecule has 0 radical (unpaired) electrons. The summed E-state index contributed by atoms with van der Waals surface area (Å²) in [7, 11) is 1.58. The lowest BCUT2D eigenvalue weighted by molar-refractivity contribution is -0.121. The number of aliphatic hydroxyl groups excluding tert-OH is 1. The van der Waals surface area contributed by atoms with E-state index in [4.69, 9.17) is 5.11 Å². The lowest BCUT2D eigenvalue weighted by Gasteiger charge is -2.16. The number of thiophene rings is 1. The summed E-state index contributed by atoms with van der Waals surface area (Å²) in [6.07, 6.45) is 0.856. The molecule has 6 heteroatoms. The lowest BCUT2D eigenvalue weighted by Crippen LogP contribution is -2.38. The van der Waals surface area contributed by atoms with Crippen LogP contribution in [0.25, 0.3) is 0 Å². The summed E-state index contributed by atoms with van der Waals surface area (Å²) in [4.78, 5) is 25.7. The fourth-order valence-electron chi connectivity index (χ4n) is 1.49. The van der Waals surface area contributed by atoms with Crippen LogP contribution < -0.4 is 5.32 Å². The second kappa shape index (κ2) is 8.35. The second-order valence-electron chi connectivity index (χ2n) is 4.13. The molecule has 0 saturated carbocycles. The SMILES string of the molecule is CCCNC(=O)CN(C)C(=O)c1sccc1C#CCO. The topological polar surface area (TPSA) is 69.6 Å². The number of carbonyl (C=O) groups is 2. The van der Waals surface area contributed by atoms with Crippen LogP contribution in [-0.4, -0.2) is 48.6 Å². The van der Waals surface area contributed by atoms with Crippen LogP contribution in [0.1, 0.15) is 28.6 Å². The van der Waals surface area contributed by atoms with Crippen molar-refractivity contribution in [3.05, 3.63) is 21.9 Å². The molecule has 20 heavy (non-hydrogen) atoms. The van der Waals surface area contributed by atoms with Gasteiger partial charge in [0, 0.05) is 19.2 Å². The molecule has 0 spiro atoms. The Bertz CT molecular complexity index is 528. The molecule has 0 aliphatic heterocycles. The standard InChI is InChI=1S/C14H18N2O3S/c1-3-7-15-12(18)10-16(2)14(19)13-11(5-4-8-17)6-9-20-13/h6,9,17H,3,7-8,10H2,1-2H3,(H,15,18). The molecule has 108 valence electrons. The molecule has 1 rings (SSSR count). The number of nitrogens with zero attached hydrogens (tertiary/aromatic N) is 1. The molecule has 0 aromatic carbocycles. The van der Waals surface area contributed by atoms with Crippen LogP contribution in [0.15, 0.2) is 11.4 Å². The molecule has 0 saturated heterocycles. The molecule has 0 unspecified atom stereocenters. The largest absolute Gasteiger partial charge is 0.384 e. The summed E-state index contributed by atoms with van der Waals surface area (Å²) in [5, 5.41) is 13.2. The third-order valence-electron chi connectivity index (χ3n) is 2.46. The van der Waals surface area contributed by atoms with E-state index in [1.54, 1.807) is 18.5 Å². The lowest BCUT2D eigenvalue weighted by atomic mass is 10.2. The van der Waals surface area contributed by atoms with Crippen LogP contribution in [0.2, 0.25) is 0 Å². The van der Waals surface area contributed by atoms with Crippen LogP contribution in [0.3, 0.4) is 0 Å². The van der Waals surface area contributed by atoms with Gasteiger partial charge in [0.15, 0.2) is 0 Å². The number of carbonyl (C=O) groups excluding carboxylic acids is 2. The molecule has 2 N–H and O–H groups in total. The summed E-state index contributed by atoms with van der Waals surface area (Å²) >= 11 is 1.27. The van der Waals surface area contributed by atoms with Crippen LogP contribution in [0, 0.1) is 11.8 Å². The molecule has 1 heterocycles. The highest BCUT2D eigenvalue weighted by Gasteiger charge is 2.18. The van der Waals surface area contributed by atoms with Crippen molar-refractivity contribution < 1.29 is 14.7 Å². The van der Waals surface area contributed by atoms with Gasteiger partial charge in [-0.25, -0.2) is 0 Å². The summed E-state index contributed by atoms with van der Waals surface area (Å²) in [5.41, 5.74) is 0.579. The van der Waals surface area contributed by atoms with Gasteiger partial charge in [0.2, 0.25) is 5.91 Å². The maximum Gasteiger partial charge on any atom is 0.265 e. The first-order valence-corrected chi connectivity index (χ1v) is 7.17. The van der Waals surface area contributed by atoms with Crippen LogP contribution >= 0.6 is 11.3 Å². The van der Waals surface area contributed by atoms with Crippen molar-refractivity contribution in [2.24, 2.45) is 0 Å². The molecule has 5 nitrogen and oxygen atoms in total. The van der Waals surface area contributed by atoms with E-state index >= 15 is 0 Å². The Morgan fingerprint density at radius 3 is 2.90 bits per heavy atom. The van der Waals surface area contributed by atoms with Gasteiger partial charge in [0.1, 0.15) is 11.5 Å². The number of hydrogen-bond donors (Lipinski definition) is 2. The quantitative estimate of drug-likeness (QED) is 0.785. The van der Waals surface area contributed by atoms with Gasteiger partial charge >= 0.3 is 0 Å². The fourth-order valence-corrected chi connectivity index (χ4v) is 2.33. The number of amides is 2. The molecular formula is C14H18N2O3S. The molecule has 0 bridgehead atoms. The van der Waals surface area contributed by atoms with E-state index < -0.39 is 0 Å². The van der Waals surface area contributed by atoms with Gasteiger partial charge in [-0.05, 0) is 17.9 Å². The number of nitrogens with one attached hydrogen (secondary N) is 1. The van der Waals surface area contributed by atoms with Gasteiger partial charge in [-0.15, -0.1) is 11.3 Å². The van der Waals surface area contributed by atoms with Gasteiger partial charge in [0.25, 0.3) is 5.91 Å². The van der Waals surface area contributed by atoms with Crippen molar-refractivity contribution in [3.8, 4) is 11.8 Å². The zero-order valence-electron chi connectivity index (χ0n) is 11.6. The van der Waals surface area contributed by atoms with Crippen molar-refractivity contribution in [2.75, 3.05) is 26.7 Å². The Morgan fingerprint density at radius 1 is 1.50 bits per heavy atom. The molecule has 0 atom stereocenters. The third kappa shape index (κ3) is 4.68. The van der Waals surface area contributed by atoms with E-state index in [2.05, 4.69) is 17.2 Å². The number of rotatable bonds is 5. The number of likely N-dealkylation sites (N-methyl/N-ethyl adjacent to an activating group) is 1. The molecule has 0 aliphatic carbocycles. The first kappa shape index (κ1) is 16.2. The van der Waals surface area contributed by atoms with Crippen molar-refractivity contribution in [2.45, 2.75) is 13.3 Å². The highest BCUT2D eigenvalue weighted by atomic mass is 32.1. The van der Waals surface area contributed by atoms with E-state index in [1.165, 1.54) is 16.2 Å². The van der Waals surface area contributed by atoms with Crippen molar-refractivity contribution >= 4 is 23.2 Å². The van der Waals surface area contributed by atoms with Gasteiger partial charge in [0.05, 0.1) is 6.54 Å². The Kier molecular flexibility index (Phi) is 6.77. The third-order valence-corrected chi connectivity index (χ3v) is 3.36. The van der Waals surface area contributed by atoms with Gasteiger partial charge < -0.3 is 15.3 Å². The molecule has 1 aromatic heterocycles. The molecule has 1 aromatic rings.